The normalized spacial score (nSPS) is 34.8. The van der Waals surface area contributed by atoms with Gasteiger partial charge in [0.15, 0.2) is 0 Å². The average Bonchev–Trinajstić information content (AvgIpc) is 2.42. The Balaban J connectivity index is 1.52. The average molecular weight is 183 g/mol. The van der Waals surface area contributed by atoms with E-state index in [4.69, 9.17) is 0 Å². The number of hydrogen-bond acceptors (Lipinski definition) is 2. The highest BCUT2D eigenvalue weighted by molar-refractivity contribution is 4.78. The molecule has 13 heavy (non-hydrogen) atoms. The first-order chi connectivity index (χ1) is 6.34. The fourth-order valence-electron chi connectivity index (χ4n) is 2.42. The van der Waals surface area contributed by atoms with E-state index in [0.29, 0.717) is 0 Å². The van der Waals surface area contributed by atoms with Gasteiger partial charge < -0.3 is 10.4 Å². The molecule has 0 radical (unpaired) electrons. The summed E-state index contributed by atoms with van der Waals surface area (Å²) in [5.74, 6) is 1.71. The molecule has 2 aliphatic carbocycles. The maximum absolute atomic E-state index is 9.34. The minimum Gasteiger partial charge on any atom is -0.393 e. The molecule has 2 saturated carbocycles. The molecule has 0 aromatic rings. The van der Waals surface area contributed by atoms with Crippen LogP contribution in [0.2, 0.25) is 0 Å². The van der Waals surface area contributed by atoms with Crippen LogP contribution in [0.25, 0.3) is 0 Å². The Hall–Kier alpha value is -0.0800. The second-order valence-corrected chi connectivity index (χ2v) is 4.79. The second-order valence-electron chi connectivity index (χ2n) is 4.79. The Bertz CT molecular complexity index is 156. The maximum Gasteiger partial charge on any atom is 0.0543 e. The molecule has 0 aromatic heterocycles. The van der Waals surface area contributed by atoms with Crippen LogP contribution in [0.3, 0.4) is 0 Å². The molecule has 0 bridgehead atoms. The van der Waals surface area contributed by atoms with E-state index in [1.807, 2.05) is 0 Å². The zero-order valence-corrected chi connectivity index (χ0v) is 8.34. The van der Waals surface area contributed by atoms with Crippen molar-refractivity contribution in [1.29, 1.82) is 0 Å². The van der Waals surface area contributed by atoms with Gasteiger partial charge in [0.2, 0.25) is 0 Å². The Labute approximate surface area is 80.7 Å². The highest BCUT2D eigenvalue weighted by Crippen LogP contribution is 2.27. The molecule has 0 aromatic carbocycles. The molecule has 2 unspecified atom stereocenters. The number of nitrogens with one attached hydrogen (secondary N) is 1. The van der Waals surface area contributed by atoms with Gasteiger partial charge in [0.05, 0.1) is 6.10 Å². The zero-order valence-electron chi connectivity index (χ0n) is 8.34. The molecule has 2 nitrogen and oxygen atoms in total. The van der Waals surface area contributed by atoms with Crippen molar-refractivity contribution >= 4 is 0 Å². The molecule has 2 fully saturated rings. The third-order valence-corrected chi connectivity index (χ3v) is 3.60. The van der Waals surface area contributed by atoms with Crippen molar-refractivity contribution in [1.82, 2.24) is 5.32 Å². The molecular weight excluding hydrogens is 162 g/mol. The van der Waals surface area contributed by atoms with E-state index in [1.54, 1.807) is 0 Å². The Kier molecular flexibility index (Phi) is 3.23. The SMILES string of the molecule is OC1CCC(CNCC2CCC2)C1. The molecule has 2 heteroatoms. The van der Waals surface area contributed by atoms with Gasteiger partial charge in [-0.2, -0.15) is 0 Å². The van der Waals surface area contributed by atoms with Gasteiger partial charge in [0.25, 0.3) is 0 Å². The summed E-state index contributed by atoms with van der Waals surface area (Å²) in [5, 5.41) is 12.9. The van der Waals surface area contributed by atoms with Gasteiger partial charge in [-0.05, 0) is 57.0 Å². The van der Waals surface area contributed by atoms with Crippen LogP contribution in [0.15, 0.2) is 0 Å². The summed E-state index contributed by atoms with van der Waals surface area (Å²) < 4.78 is 0. The predicted octanol–water partition coefficient (Wildman–Crippen LogP) is 1.54. The minimum atomic E-state index is -0.00416. The van der Waals surface area contributed by atoms with Crippen molar-refractivity contribution in [2.45, 2.75) is 44.6 Å². The van der Waals surface area contributed by atoms with E-state index in [-0.39, 0.29) is 6.10 Å². The molecule has 0 saturated heterocycles. The van der Waals surface area contributed by atoms with Crippen LogP contribution in [-0.2, 0) is 0 Å². The van der Waals surface area contributed by atoms with Gasteiger partial charge >= 0.3 is 0 Å². The summed E-state index contributed by atoms with van der Waals surface area (Å²) in [7, 11) is 0. The van der Waals surface area contributed by atoms with E-state index < -0.39 is 0 Å². The lowest BCUT2D eigenvalue weighted by atomic mass is 9.85. The summed E-state index contributed by atoms with van der Waals surface area (Å²) in [6.07, 6.45) is 7.57. The van der Waals surface area contributed by atoms with Crippen LogP contribution in [0.5, 0.6) is 0 Å². The van der Waals surface area contributed by atoms with Crippen molar-refractivity contribution in [3.05, 3.63) is 0 Å². The predicted molar refractivity (Wildman–Crippen MR) is 53.6 cm³/mol. The molecule has 2 N–H and O–H groups in total. The first kappa shape index (κ1) is 9.47. The van der Waals surface area contributed by atoms with Crippen LogP contribution in [0.4, 0.5) is 0 Å². The largest absolute Gasteiger partial charge is 0.393 e. The molecule has 76 valence electrons. The monoisotopic (exact) mass is 183 g/mol. The fraction of sp³-hybridized carbons (Fsp3) is 1.00. The van der Waals surface area contributed by atoms with Crippen LogP contribution in [-0.4, -0.2) is 24.3 Å². The molecule has 0 amide bonds. The summed E-state index contributed by atoms with van der Waals surface area (Å²) in [5.41, 5.74) is 0. The molecule has 2 atom stereocenters. The van der Waals surface area contributed by atoms with Crippen molar-refractivity contribution in [3.8, 4) is 0 Å². The number of hydrogen-bond donors (Lipinski definition) is 2. The fourth-order valence-corrected chi connectivity index (χ4v) is 2.42. The maximum atomic E-state index is 9.34. The zero-order chi connectivity index (χ0) is 9.10. The quantitative estimate of drug-likeness (QED) is 0.693. The van der Waals surface area contributed by atoms with Crippen molar-refractivity contribution in [2.24, 2.45) is 11.8 Å². The minimum absolute atomic E-state index is 0.00416. The van der Waals surface area contributed by atoms with E-state index in [1.165, 1.54) is 32.2 Å². The highest BCUT2D eigenvalue weighted by Gasteiger charge is 2.23. The van der Waals surface area contributed by atoms with Crippen molar-refractivity contribution in [3.63, 3.8) is 0 Å². The van der Waals surface area contributed by atoms with Crippen molar-refractivity contribution in [2.75, 3.05) is 13.1 Å². The van der Waals surface area contributed by atoms with E-state index in [9.17, 15) is 5.11 Å². The molecule has 0 aliphatic heterocycles. The Morgan fingerprint density at radius 1 is 1.00 bits per heavy atom. The first-order valence-corrected chi connectivity index (χ1v) is 5.73. The summed E-state index contributed by atoms with van der Waals surface area (Å²) in [6, 6.07) is 0. The van der Waals surface area contributed by atoms with Gasteiger partial charge in [-0.1, -0.05) is 6.42 Å². The number of rotatable bonds is 4. The molecular formula is C11H21NO. The van der Waals surface area contributed by atoms with Crippen LogP contribution >= 0.6 is 0 Å². The topological polar surface area (TPSA) is 32.3 Å². The standard InChI is InChI=1S/C11H21NO/c13-11-5-4-10(6-11)8-12-7-9-2-1-3-9/h9-13H,1-8H2. The lowest BCUT2D eigenvalue weighted by Crippen LogP contribution is -2.30. The van der Waals surface area contributed by atoms with Crippen molar-refractivity contribution < 1.29 is 5.11 Å². The third-order valence-electron chi connectivity index (χ3n) is 3.60. The van der Waals surface area contributed by atoms with Gasteiger partial charge in [-0.15, -0.1) is 0 Å². The van der Waals surface area contributed by atoms with Crippen LogP contribution < -0.4 is 5.32 Å². The molecule has 0 spiro atoms. The van der Waals surface area contributed by atoms with Crippen LogP contribution in [0, 0.1) is 11.8 Å². The van der Waals surface area contributed by atoms with E-state index >= 15 is 0 Å². The number of aliphatic hydroxyl groups is 1. The van der Waals surface area contributed by atoms with Gasteiger partial charge in [0, 0.05) is 0 Å². The molecule has 2 rings (SSSR count). The first-order valence-electron chi connectivity index (χ1n) is 5.73. The lowest BCUT2D eigenvalue weighted by molar-refractivity contribution is 0.177. The van der Waals surface area contributed by atoms with E-state index in [2.05, 4.69) is 5.32 Å². The lowest BCUT2D eigenvalue weighted by Gasteiger charge is -2.26. The van der Waals surface area contributed by atoms with Gasteiger partial charge in [-0.3, -0.25) is 0 Å². The van der Waals surface area contributed by atoms with Gasteiger partial charge in [-0.25, -0.2) is 0 Å². The van der Waals surface area contributed by atoms with Crippen LogP contribution in [0.1, 0.15) is 38.5 Å². The summed E-state index contributed by atoms with van der Waals surface area (Å²) in [6.45, 7) is 2.35. The van der Waals surface area contributed by atoms with Gasteiger partial charge in [0.1, 0.15) is 0 Å². The number of aliphatic hydroxyl groups excluding tert-OH is 1. The van der Waals surface area contributed by atoms with E-state index in [0.717, 1.165) is 31.2 Å². The Morgan fingerprint density at radius 2 is 1.77 bits per heavy atom. The summed E-state index contributed by atoms with van der Waals surface area (Å²) in [4.78, 5) is 0. The Morgan fingerprint density at radius 3 is 2.31 bits per heavy atom. The summed E-state index contributed by atoms with van der Waals surface area (Å²) >= 11 is 0. The molecule has 0 heterocycles. The highest BCUT2D eigenvalue weighted by atomic mass is 16.3. The smallest absolute Gasteiger partial charge is 0.0543 e. The molecule has 2 aliphatic rings. The third kappa shape index (κ3) is 2.68. The second kappa shape index (κ2) is 4.43.